The first-order valence-corrected chi connectivity index (χ1v) is 6.44. The molecule has 0 amide bonds. The molecule has 4 nitrogen and oxygen atoms in total. The quantitative estimate of drug-likeness (QED) is 0.726. The molecule has 1 rings (SSSR count). The number of primary sulfonamides is 1. The molecular formula is C9H19NO3S. The first-order valence-electron chi connectivity index (χ1n) is 4.83. The van der Waals surface area contributed by atoms with E-state index in [0.717, 1.165) is 12.8 Å². The average Bonchev–Trinajstić information content (AvgIpc) is 1.95. The molecule has 0 saturated heterocycles. The van der Waals surface area contributed by atoms with Crippen LogP contribution in [0.4, 0.5) is 0 Å². The van der Waals surface area contributed by atoms with Crippen molar-refractivity contribution in [3.8, 4) is 0 Å². The highest BCUT2D eigenvalue weighted by Gasteiger charge is 2.43. The molecule has 0 aromatic carbocycles. The molecule has 84 valence electrons. The van der Waals surface area contributed by atoms with Crippen molar-refractivity contribution in [2.24, 2.45) is 16.5 Å². The third-order valence-electron chi connectivity index (χ3n) is 3.11. The predicted octanol–water partition coefficient (Wildman–Crippen LogP) is 0.461. The van der Waals surface area contributed by atoms with Crippen LogP contribution in [0.25, 0.3) is 0 Å². The van der Waals surface area contributed by atoms with Gasteiger partial charge in [0, 0.05) is 0 Å². The topological polar surface area (TPSA) is 80.4 Å². The lowest BCUT2D eigenvalue weighted by molar-refractivity contribution is -0.0129. The smallest absolute Gasteiger partial charge is 0.214 e. The number of aliphatic hydroxyl groups excluding tert-OH is 1. The van der Waals surface area contributed by atoms with Crippen molar-refractivity contribution in [3.05, 3.63) is 0 Å². The first kappa shape index (κ1) is 11.9. The van der Waals surface area contributed by atoms with E-state index >= 15 is 0 Å². The maximum atomic E-state index is 11.0. The lowest BCUT2D eigenvalue weighted by atomic mass is 9.62. The summed E-state index contributed by atoms with van der Waals surface area (Å²) in [5.41, 5.74) is 0.240. The first-order chi connectivity index (χ1) is 6.13. The Kier molecular flexibility index (Phi) is 2.96. The molecule has 0 aromatic heterocycles. The van der Waals surface area contributed by atoms with Crippen LogP contribution < -0.4 is 5.14 Å². The lowest BCUT2D eigenvalue weighted by Crippen LogP contribution is -2.47. The monoisotopic (exact) mass is 221 g/mol. The second-order valence-corrected chi connectivity index (χ2v) is 7.04. The average molecular weight is 221 g/mol. The van der Waals surface area contributed by atoms with Gasteiger partial charge in [0.05, 0.1) is 11.4 Å². The number of hydrogen-bond acceptors (Lipinski definition) is 3. The van der Waals surface area contributed by atoms with Gasteiger partial charge in [-0.2, -0.15) is 0 Å². The van der Waals surface area contributed by atoms with Crippen molar-refractivity contribution in [1.82, 2.24) is 0 Å². The van der Waals surface area contributed by atoms with Crippen LogP contribution >= 0.6 is 0 Å². The van der Waals surface area contributed by atoms with Crippen molar-refractivity contribution in [2.45, 2.75) is 45.0 Å². The number of aliphatic hydroxyl groups is 1. The Hall–Kier alpha value is -0.130. The van der Waals surface area contributed by atoms with E-state index in [-0.39, 0.29) is 11.3 Å². The van der Waals surface area contributed by atoms with Crippen molar-refractivity contribution in [2.75, 3.05) is 0 Å². The van der Waals surface area contributed by atoms with Crippen LogP contribution in [0, 0.1) is 11.3 Å². The standard InChI is InChI=1S/C9H19NO3S/c1-6(14(10,12)13)8(11)7-4-9(2,3)5-7/h6-8,11H,4-5H2,1-3H3,(H2,10,12,13)/t6-,8+/m1/s1. The van der Waals surface area contributed by atoms with E-state index in [1.165, 1.54) is 6.92 Å². The molecular weight excluding hydrogens is 202 g/mol. The summed E-state index contributed by atoms with van der Waals surface area (Å²) >= 11 is 0. The molecule has 0 bridgehead atoms. The summed E-state index contributed by atoms with van der Waals surface area (Å²) in [4.78, 5) is 0. The summed E-state index contributed by atoms with van der Waals surface area (Å²) in [5, 5.41) is 13.9. The predicted molar refractivity (Wildman–Crippen MR) is 55.1 cm³/mol. The molecule has 0 aromatic rings. The Morgan fingerprint density at radius 2 is 1.86 bits per heavy atom. The van der Waals surface area contributed by atoms with E-state index in [0.29, 0.717) is 0 Å². The van der Waals surface area contributed by atoms with Crippen LogP contribution in [0.3, 0.4) is 0 Å². The van der Waals surface area contributed by atoms with Gasteiger partial charge in [-0.25, -0.2) is 13.6 Å². The van der Waals surface area contributed by atoms with Crippen LogP contribution in [0.2, 0.25) is 0 Å². The second-order valence-electron chi connectivity index (χ2n) is 5.12. The maximum absolute atomic E-state index is 11.0. The molecule has 14 heavy (non-hydrogen) atoms. The molecule has 5 heteroatoms. The van der Waals surface area contributed by atoms with Crippen LogP contribution in [0.5, 0.6) is 0 Å². The van der Waals surface area contributed by atoms with E-state index in [2.05, 4.69) is 13.8 Å². The van der Waals surface area contributed by atoms with Gasteiger partial charge in [0.25, 0.3) is 0 Å². The minimum atomic E-state index is -3.61. The Bertz CT molecular complexity index is 302. The van der Waals surface area contributed by atoms with Crippen molar-refractivity contribution in [3.63, 3.8) is 0 Å². The SMILES string of the molecule is C[C@H]([C@H](O)C1CC(C)(C)C1)S(N)(=O)=O. The fourth-order valence-electron chi connectivity index (χ4n) is 2.18. The molecule has 1 saturated carbocycles. The summed E-state index contributed by atoms with van der Waals surface area (Å²) in [6.07, 6.45) is 0.917. The van der Waals surface area contributed by atoms with Gasteiger partial charge in [0.15, 0.2) is 0 Å². The van der Waals surface area contributed by atoms with E-state index in [1.807, 2.05) is 0 Å². The van der Waals surface area contributed by atoms with Gasteiger partial charge in [0.2, 0.25) is 10.0 Å². The summed E-state index contributed by atoms with van der Waals surface area (Å²) in [6, 6.07) is 0. The van der Waals surface area contributed by atoms with Gasteiger partial charge < -0.3 is 5.11 Å². The van der Waals surface area contributed by atoms with Crippen molar-refractivity contribution in [1.29, 1.82) is 0 Å². The van der Waals surface area contributed by atoms with Gasteiger partial charge in [-0.1, -0.05) is 13.8 Å². The van der Waals surface area contributed by atoms with E-state index in [4.69, 9.17) is 5.14 Å². The molecule has 1 aliphatic carbocycles. The van der Waals surface area contributed by atoms with Crippen LogP contribution in [-0.4, -0.2) is 24.9 Å². The van der Waals surface area contributed by atoms with Gasteiger partial charge >= 0.3 is 0 Å². The Morgan fingerprint density at radius 1 is 1.43 bits per heavy atom. The summed E-state index contributed by atoms with van der Waals surface area (Å²) in [6.45, 7) is 5.68. The zero-order valence-corrected chi connectivity index (χ0v) is 9.71. The van der Waals surface area contributed by atoms with Gasteiger partial charge in [0.1, 0.15) is 0 Å². The fourth-order valence-corrected chi connectivity index (χ4v) is 2.79. The minimum absolute atomic E-state index is 0.0818. The maximum Gasteiger partial charge on any atom is 0.214 e. The molecule has 2 atom stereocenters. The third kappa shape index (κ3) is 2.46. The third-order valence-corrected chi connectivity index (χ3v) is 4.43. The molecule has 0 aliphatic heterocycles. The molecule has 3 N–H and O–H groups in total. The zero-order valence-electron chi connectivity index (χ0n) is 8.90. The highest BCUT2D eigenvalue weighted by atomic mass is 32.2. The largest absolute Gasteiger partial charge is 0.391 e. The molecule has 0 heterocycles. The van der Waals surface area contributed by atoms with Crippen LogP contribution in [-0.2, 0) is 10.0 Å². The fraction of sp³-hybridized carbons (Fsp3) is 1.00. The number of sulfonamides is 1. The molecule has 0 unspecified atom stereocenters. The van der Waals surface area contributed by atoms with Gasteiger partial charge in [-0.3, -0.25) is 0 Å². The highest BCUT2D eigenvalue weighted by molar-refractivity contribution is 7.89. The molecule has 0 radical (unpaired) electrons. The number of nitrogens with two attached hydrogens (primary N) is 1. The Balaban J connectivity index is 2.57. The van der Waals surface area contributed by atoms with Gasteiger partial charge in [-0.15, -0.1) is 0 Å². The lowest BCUT2D eigenvalue weighted by Gasteiger charge is -2.45. The van der Waals surface area contributed by atoms with Crippen LogP contribution in [0.1, 0.15) is 33.6 Å². The molecule has 1 fully saturated rings. The normalized spacial score (nSPS) is 26.6. The molecule has 0 spiro atoms. The van der Waals surface area contributed by atoms with E-state index < -0.39 is 21.4 Å². The van der Waals surface area contributed by atoms with Crippen molar-refractivity contribution >= 4 is 10.0 Å². The van der Waals surface area contributed by atoms with Gasteiger partial charge in [-0.05, 0) is 31.1 Å². The van der Waals surface area contributed by atoms with Crippen molar-refractivity contribution < 1.29 is 13.5 Å². The summed E-state index contributed by atoms with van der Waals surface area (Å²) < 4.78 is 22.0. The minimum Gasteiger partial charge on any atom is -0.391 e. The highest BCUT2D eigenvalue weighted by Crippen LogP contribution is 2.47. The van der Waals surface area contributed by atoms with E-state index in [9.17, 15) is 13.5 Å². The number of rotatable bonds is 3. The van der Waals surface area contributed by atoms with E-state index in [1.54, 1.807) is 0 Å². The molecule has 1 aliphatic rings. The Morgan fingerprint density at radius 3 is 2.14 bits per heavy atom. The second kappa shape index (κ2) is 3.47. The zero-order chi connectivity index (χ0) is 11.1. The van der Waals surface area contributed by atoms with Crippen LogP contribution in [0.15, 0.2) is 0 Å². The number of hydrogen-bond donors (Lipinski definition) is 2. The summed E-state index contributed by atoms with van der Waals surface area (Å²) in [7, 11) is -3.61. The Labute approximate surface area is 85.5 Å². The summed E-state index contributed by atoms with van der Waals surface area (Å²) in [5.74, 6) is 0.0818.